The van der Waals surface area contributed by atoms with Crippen LogP contribution in [-0.2, 0) is 13.3 Å². The lowest BCUT2D eigenvalue weighted by Gasteiger charge is -2.38. The molecule has 0 radical (unpaired) electrons. The van der Waals surface area contributed by atoms with Gasteiger partial charge in [0.15, 0.2) is 0 Å². The summed E-state index contributed by atoms with van der Waals surface area (Å²) in [7, 11) is -2.83. The molecule has 0 aromatic heterocycles. The molecule has 0 spiro atoms. The van der Waals surface area contributed by atoms with Crippen molar-refractivity contribution in [1.29, 1.82) is 0 Å². The maximum absolute atomic E-state index is 6.27. The molecule has 0 N–H and O–H groups in total. The Morgan fingerprint density at radius 1 is 0.667 bits per heavy atom. The van der Waals surface area contributed by atoms with Crippen molar-refractivity contribution in [2.24, 2.45) is 0 Å². The van der Waals surface area contributed by atoms with E-state index in [-0.39, 0.29) is 23.9 Å². The summed E-state index contributed by atoms with van der Waals surface area (Å²) < 4.78 is 18.8. The zero-order valence-corrected chi connectivity index (χ0v) is 15.4. The molecule has 21 heavy (non-hydrogen) atoms. The molecule has 0 bridgehead atoms. The van der Waals surface area contributed by atoms with E-state index < -0.39 is 8.80 Å². The fourth-order valence-corrected chi connectivity index (χ4v) is 5.67. The molecule has 1 atom stereocenters. The van der Waals surface area contributed by atoms with E-state index in [9.17, 15) is 0 Å². The fraction of sp³-hybridized carbons (Fsp3) is 0.647. The molecule has 1 aromatic rings. The van der Waals surface area contributed by atoms with Crippen molar-refractivity contribution in [3.05, 3.63) is 35.9 Å². The van der Waals surface area contributed by atoms with E-state index in [0.717, 1.165) is 0 Å². The van der Waals surface area contributed by atoms with Crippen LogP contribution in [0.25, 0.3) is 0 Å². The predicted molar refractivity (Wildman–Crippen MR) is 89.3 cm³/mol. The minimum atomic E-state index is -2.83. The average molecular weight is 311 g/mol. The third-order valence-electron chi connectivity index (χ3n) is 3.03. The van der Waals surface area contributed by atoms with Crippen molar-refractivity contribution >= 4 is 8.80 Å². The quantitative estimate of drug-likeness (QED) is 0.660. The van der Waals surface area contributed by atoms with Crippen LogP contribution >= 0.6 is 0 Å². The SMILES string of the molecule is CC(C)O[Si](OC(C)C)(OC(C)C)C(C)c1ccccc1. The monoisotopic (exact) mass is 310 g/mol. The molecule has 0 aliphatic heterocycles. The lowest BCUT2D eigenvalue weighted by atomic mass is 10.2. The highest BCUT2D eigenvalue weighted by atomic mass is 28.4. The summed E-state index contributed by atoms with van der Waals surface area (Å²) in [5.41, 5.74) is 1.30. The predicted octanol–water partition coefficient (Wildman–Crippen LogP) is 4.54. The van der Waals surface area contributed by atoms with Crippen LogP contribution in [0, 0.1) is 0 Å². The summed E-state index contributed by atoms with van der Waals surface area (Å²) >= 11 is 0. The third-order valence-corrected chi connectivity index (χ3v) is 6.82. The molecule has 0 aliphatic carbocycles. The molecule has 0 saturated heterocycles. The maximum Gasteiger partial charge on any atom is 0.509 e. The Morgan fingerprint density at radius 3 is 1.38 bits per heavy atom. The normalized spacial score (nSPS) is 14.2. The van der Waals surface area contributed by atoms with Crippen molar-refractivity contribution in [2.45, 2.75) is 72.3 Å². The standard InChI is InChI=1S/C17H30O3Si/c1-13(2)18-21(19-14(3)4,20-15(5)6)16(7)17-11-9-8-10-12-17/h8-16H,1-7H3. The minimum Gasteiger partial charge on any atom is -0.371 e. The van der Waals surface area contributed by atoms with Gasteiger partial charge in [-0.05, 0) is 47.1 Å². The summed E-state index contributed by atoms with van der Waals surface area (Å²) in [5, 5.41) is 0. The van der Waals surface area contributed by atoms with Gasteiger partial charge in [0.2, 0.25) is 0 Å². The second-order valence-electron chi connectivity index (χ2n) is 6.24. The van der Waals surface area contributed by atoms with Gasteiger partial charge < -0.3 is 13.3 Å². The van der Waals surface area contributed by atoms with E-state index in [1.54, 1.807) is 0 Å². The molecule has 1 aromatic carbocycles. The van der Waals surface area contributed by atoms with E-state index in [0.29, 0.717) is 0 Å². The van der Waals surface area contributed by atoms with Crippen LogP contribution in [0.5, 0.6) is 0 Å². The van der Waals surface area contributed by atoms with Crippen molar-refractivity contribution < 1.29 is 13.3 Å². The van der Waals surface area contributed by atoms with E-state index in [2.05, 4.69) is 19.1 Å². The summed E-state index contributed by atoms with van der Waals surface area (Å²) in [6.07, 6.45) is 0.209. The summed E-state index contributed by atoms with van der Waals surface area (Å²) in [6, 6.07) is 10.3. The smallest absolute Gasteiger partial charge is 0.371 e. The molecule has 0 heterocycles. The maximum atomic E-state index is 6.27. The first kappa shape index (κ1) is 18.4. The van der Waals surface area contributed by atoms with E-state index >= 15 is 0 Å². The number of rotatable bonds is 8. The zero-order valence-electron chi connectivity index (χ0n) is 14.4. The van der Waals surface area contributed by atoms with Crippen molar-refractivity contribution in [3.63, 3.8) is 0 Å². The van der Waals surface area contributed by atoms with Crippen LogP contribution in [0.4, 0.5) is 0 Å². The Labute approximate surface area is 131 Å². The molecule has 120 valence electrons. The van der Waals surface area contributed by atoms with Crippen LogP contribution in [0.3, 0.4) is 0 Å². The summed E-state index contributed by atoms with van der Waals surface area (Å²) in [4.78, 5) is 0. The van der Waals surface area contributed by atoms with Gasteiger partial charge in [0.25, 0.3) is 0 Å². The fourth-order valence-electron chi connectivity index (χ4n) is 2.32. The molecule has 4 heteroatoms. The lowest BCUT2D eigenvalue weighted by molar-refractivity contribution is -0.00322. The number of hydrogen-bond donors (Lipinski definition) is 0. The first-order valence-corrected chi connectivity index (χ1v) is 9.65. The zero-order chi connectivity index (χ0) is 16.0. The highest BCUT2D eigenvalue weighted by Crippen LogP contribution is 2.32. The molecular formula is C17H30O3Si. The van der Waals surface area contributed by atoms with Crippen molar-refractivity contribution in [2.75, 3.05) is 0 Å². The van der Waals surface area contributed by atoms with Crippen LogP contribution in [0.2, 0.25) is 0 Å². The largest absolute Gasteiger partial charge is 0.509 e. The van der Waals surface area contributed by atoms with Gasteiger partial charge in [-0.1, -0.05) is 37.3 Å². The van der Waals surface area contributed by atoms with E-state index in [1.165, 1.54) is 5.56 Å². The van der Waals surface area contributed by atoms with E-state index in [1.807, 2.05) is 59.7 Å². The second kappa shape index (κ2) is 8.08. The number of hydrogen-bond acceptors (Lipinski definition) is 3. The molecule has 0 aliphatic rings. The Morgan fingerprint density at radius 2 is 1.05 bits per heavy atom. The van der Waals surface area contributed by atoms with Gasteiger partial charge in [-0.25, -0.2) is 0 Å². The second-order valence-corrected chi connectivity index (χ2v) is 9.02. The molecular weight excluding hydrogens is 280 g/mol. The molecule has 1 unspecified atom stereocenters. The molecule has 1 rings (SSSR count). The first-order chi connectivity index (χ1) is 9.77. The molecule has 0 saturated carbocycles. The summed E-state index contributed by atoms with van der Waals surface area (Å²) in [6.45, 7) is 14.4. The van der Waals surface area contributed by atoms with Gasteiger partial charge in [0, 0.05) is 18.3 Å². The van der Waals surface area contributed by atoms with Crippen LogP contribution in [-0.4, -0.2) is 27.1 Å². The highest BCUT2D eigenvalue weighted by molar-refractivity contribution is 6.62. The number of benzene rings is 1. The lowest BCUT2D eigenvalue weighted by Crippen LogP contribution is -2.55. The van der Waals surface area contributed by atoms with Crippen LogP contribution in [0.15, 0.2) is 30.3 Å². The van der Waals surface area contributed by atoms with Crippen LogP contribution in [0.1, 0.15) is 59.6 Å². The van der Waals surface area contributed by atoms with Gasteiger partial charge in [0.1, 0.15) is 0 Å². The molecule has 0 amide bonds. The Balaban J connectivity index is 3.18. The van der Waals surface area contributed by atoms with Crippen molar-refractivity contribution in [3.8, 4) is 0 Å². The van der Waals surface area contributed by atoms with Gasteiger partial charge in [0.05, 0.1) is 5.54 Å². The minimum absolute atomic E-state index is 0.0697. The highest BCUT2D eigenvalue weighted by Gasteiger charge is 2.50. The topological polar surface area (TPSA) is 27.7 Å². The first-order valence-electron chi connectivity index (χ1n) is 7.85. The molecule has 0 fully saturated rings. The van der Waals surface area contributed by atoms with Gasteiger partial charge in [-0.15, -0.1) is 0 Å². The van der Waals surface area contributed by atoms with Gasteiger partial charge >= 0.3 is 8.80 Å². The Hall–Kier alpha value is -0.683. The van der Waals surface area contributed by atoms with E-state index in [4.69, 9.17) is 13.3 Å². The van der Waals surface area contributed by atoms with Crippen LogP contribution < -0.4 is 0 Å². The summed E-state index contributed by atoms with van der Waals surface area (Å²) in [5.74, 6) is 0. The Kier molecular flexibility index (Phi) is 7.07. The average Bonchev–Trinajstić information content (AvgIpc) is 2.36. The van der Waals surface area contributed by atoms with Gasteiger partial charge in [-0.3, -0.25) is 0 Å². The third kappa shape index (κ3) is 5.55. The Bertz CT molecular complexity index is 377. The van der Waals surface area contributed by atoms with Crippen molar-refractivity contribution in [1.82, 2.24) is 0 Å². The van der Waals surface area contributed by atoms with Gasteiger partial charge in [-0.2, -0.15) is 0 Å². The molecule has 3 nitrogen and oxygen atoms in total.